The fourth-order valence-corrected chi connectivity index (χ4v) is 3.95. The Morgan fingerprint density at radius 2 is 2.10 bits per heavy atom. The normalized spacial score (nSPS) is 17.0. The van der Waals surface area contributed by atoms with Crippen molar-refractivity contribution in [1.82, 2.24) is 4.98 Å². The molecule has 0 radical (unpaired) electrons. The van der Waals surface area contributed by atoms with Crippen LogP contribution in [-0.4, -0.2) is 27.5 Å². The molecule has 29 heavy (non-hydrogen) atoms. The second-order valence-corrected chi connectivity index (χ2v) is 9.61. The molecule has 0 bridgehead atoms. The highest BCUT2D eigenvalue weighted by Crippen LogP contribution is 2.34. The minimum atomic E-state index is -1.51. The van der Waals surface area contributed by atoms with Crippen molar-refractivity contribution in [3.05, 3.63) is 52.5 Å². The minimum Gasteiger partial charge on any atom is -0.598 e. The molecule has 1 fully saturated rings. The molecule has 1 unspecified atom stereocenters. The van der Waals surface area contributed by atoms with Crippen LogP contribution in [0.4, 0.5) is 4.39 Å². The number of benzene rings is 1. The minimum absolute atomic E-state index is 0.229. The second-order valence-electron chi connectivity index (χ2n) is 7.96. The standard InChI is InChI=1S/C22H26FN3O2S/c1-14-19(13-24)18-12-17(23)11-16(5-4-8-22(2,3)29(25)27)21(18)26-20(14)15-6-9-28-10-7-15/h4,8,11-12,15H,5-7,9-10,25H2,1-3H3. The van der Waals surface area contributed by atoms with E-state index in [-0.39, 0.29) is 5.92 Å². The van der Waals surface area contributed by atoms with E-state index in [0.717, 1.165) is 24.1 Å². The number of nitrogens with zero attached hydrogens (tertiary/aromatic N) is 2. The summed E-state index contributed by atoms with van der Waals surface area (Å²) in [5.74, 6) is -0.175. The van der Waals surface area contributed by atoms with Crippen LogP contribution in [0.2, 0.25) is 0 Å². The summed E-state index contributed by atoms with van der Waals surface area (Å²) in [5, 5.41) is 15.8. The summed E-state index contributed by atoms with van der Waals surface area (Å²) >= 11 is -1.51. The zero-order chi connectivity index (χ0) is 21.2. The average molecular weight is 416 g/mol. The number of hydrogen-bond acceptors (Lipinski definition) is 5. The number of nitriles is 1. The Labute approximate surface area is 174 Å². The first-order valence-electron chi connectivity index (χ1n) is 9.69. The molecule has 1 saturated heterocycles. The maximum absolute atomic E-state index is 14.3. The van der Waals surface area contributed by atoms with Gasteiger partial charge in [-0.05, 0) is 69.4 Å². The third-order valence-electron chi connectivity index (χ3n) is 5.51. The molecule has 7 heteroatoms. The highest BCUT2D eigenvalue weighted by atomic mass is 32.2. The van der Waals surface area contributed by atoms with Crippen molar-refractivity contribution >= 4 is 22.3 Å². The summed E-state index contributed by atoms with van der Waals surface area (Å²) in [5.41, 5.74) is 3.53. The Hall–Kier alpha value is -1.98. The van der Waals surface area contributed by atoms with Crippen LogP contribution in [0.15, 0.2) is 24.3 Å². The van der Waals surface area contributed by atoms with E-state index < -0.39 is 21.9 Å². The van der Waals surface area contributed by atoms with Crippen LogP contribution in [0.5, 0.6) is 0 Å². The first-order chi connectivity index (χ1) is 13.7. The molecule has 0 aliphatic carbocycles. The van der Waals surface area contributed by atoms with Crippen molar-refractivity contribution < 1.29 is 13.7 Å². The number of ether oxygens (including phenoxy) is 1. The lowest BCUT2D eigenvalue weighted by molar-refractivity contribution is 0.0844. The van der Waals surface area contributed by atoms with Gasteiger partial charge in [-0.1, -0.05) is 6.08 Å². The van der Waals surface area contributed by atoms with E-state index in [4.69, 9.17) is 14.9 Å². The van der Waals surface area contributed by atoms with Gasteiger partial charge in [-0.2, -0.15) is 10.4 Å². The van der Waals surface area contributed by atoms with Gasteiger partial charge >= 0.3 is 0 Å². The Morgan fingerprint density at radius 3 is 2.72 bits per heavy atom. The predicted octanol–water partition coefficient (Wildman–Crippen LogP) is 3.95. The van der Waals surface area contributed by atoms with Gasteiger partial charge in [0, 0.05) is 41.6 Å². The fourth-order valence-electron chi connectivity index (χ4n) is 3.72. The first kappa shape index (κ1) is 21.7. The van der Waals surface area contributed by atoms with Crippen LogP contribution in [-0.2, 0) is 22.5 Å². The molecule has 2 heterocycles. The molecule has 5 nitrogen and oxygen atoms in total. The topological polar surface area (TPSA) is 95.0 Å². The molecule has 1 aliphatic heterocycles. The van der Waals surface area contributed by atoms with Crippen molar-refractivity contribution in [2.45, 2.75) is 50.7 Å². The van der Waals surface area contributed by atoms with Gasteiger partial charge in [-0.15, -0.1) is 0 Å². The van der Waals surface area contributed by atoms with Crippen LogP contribution >= 0.6 is 0 Å². The Balaban J connectivity index is 2.10. The molecule has 0 spiro atoms. The number of halogens is 1. The number of fused-ring (bicyclic) bond motifs is 1. The lowest BCUT2D eigenvalue weighted by Gasteiger charge is -2.24. The van der Waals surface area contributed by atoms with Gasteiger partial charge in [0.05, 0.1) is 11.1 Å². The summed E-state index contributed by atoms with van der Waals surface area (Å²) in [6, 6.07) is 5.09. The molecular weight excluding hydrogens is 389 g/mol. The molecule has 154 valence electrons. The van der Waals surface area contributed by atoms with Gasteiger partial charge in [0.15, 0.2) is 4.75 Å². The highest BCUT2D eigenvalue weighted by Gasteiger charge is 2.26. The largest absolute Gasteiger partial charge is 0.598 e. The van der Waals surface area contributed by atoms with Crippen molar-refractivity contribution in [1.29, 1.82) is 5.26 Å². The van der Waals surface area contributed by atoms with Crippen molar-refractivity contribution in [2.24, 2.45) is 5.14 Å². The molecule has 0 saturated carbocycles. The Bertz CT molecular complexity index is 976. The Kier molecular flexibility index (Phi) is 6.59. The van der Waals surface area contributed by atoms with Gasteiger partial charge in [0.1, 0.15) is 11.9 Å². The third kappa shape index (κ3) is 4.62. The SMILES string of the molecule is Cc1c(C2CCOCC2)nc2c(CC=CC(C)(C)[S+](N)[O-])cc(F)cc2c1C#N. The smallest absolute Gasteiger partial charge is 0.157 e. The van der Waals surface area contributed by atoms with Gasteiger partial charge in [-0.3, -0.25) is 4.98 Å². The molecule has 0 amide bonds. The fraction of sp³-hybridized carbons (Fsp3) is 0.455. The molecule has 1 atom stereocenters. The van der Waals surface area contributed by atoms with Crippen LogP contribution in [0.25, 0.3) is 10.9 Å². The van der Waals surface area contributed by atoms with E-state index in [9.17, 15) is 14.2 Å². The molecule has 2 aromatic rings. The summed E-state index contributed by atoms with van der Waals surface area (Å²) < 4.78 is 30.8. The Morgan fingerprint density at radius 1 is 1.41 bits per heavy atom. The number of pyridine rings is 1. The van der Waals surface area contributed by atoms with Crippen LogP contribution in [0, 0.1) is 24.1 Å². The van der Waals surface area contributed by atoms with E-state index in [1.54, 1.807) is 19.9 Å². The number of aromatic nitrogens is 1. The zero-order valence-corrected chi connectivity index (χ0v) is 17.8. The van der Waals surface area contributed by atoms with E-state index in [1.807, 2.05) is 13.0 Å². The van der Waals surface area contributed by atoms with E-state index >= 15 is 0 Å². The quantitative estimate of drug-likeness (QED) is 0.589. The van der Waals surface area contributed by atoms with E-state index in [2.05, 4.69) is 6.07 Å². The van der Waals surface area contributed by atoms with Crippen molar-refractivity contribution in [3.63, 3.8) is 0 Å². The average Bonchev–Trinajstić information content (AvgIpc) is 2.68. The first-order valence-corrected chi connectivity index (χ1v) is 10.9. The van der Waals surface area contributed by atoms with Crippen LogP contribution in [0.1, 0.15) is 55.0 Å². The molecular formula is C22H26FN3O2S. The molecule has 1 aromatic heterocycles. The second kappa shape index (κ2) is 8.80. The third-order valence-corrected chi connectivity index (χ3v) is 6.68. The van der Waals surface area contributed by atoms with E-state index in [1.165, 1.54) is 12.1 Å². The van der Waals surface area contributed by atoms with Crippen LogP contribution < -0.4 is 5.14 Å². The lowest BCUT2D eigenvalue weighted by Crippen LogP contribution is -2.35. The highest BCUT2D eigenvalue weighted by molar-refractivity contribution is 7.90. The van der Waals surface area contributed by atoms with Gasteiger partial charge < -0.3 is 9.29 Å². The van der Waals surface area contributed by atoms with Crippen LogP contribution in [0.3, 0.4) is 0 Å². The number of hydrogen-bond donors (Lipinski definition) is 1. The summed E-state index contributed by atoms with van der Waals surface area (Å²) in [4.78, 5) is 4.91. The summed E-state index contributed by atoms with van der Waals surface area (Å²) in [7, 11) is 0. The maximum Gasteiger partial charge on any atom is 0.157 e. The summed E-state index contributed by atoms with van der Waals surface area (Å²) in [6.45, 7) is 6.80. The molecule has 3 rings (SSSR count). The predicted molar refractivity (Wildman–Crippen MR) is 113 cm³/mol. The molecule has 2 N–H and O–H groups in total. The molecule has 1 aromatic carbocycles. The lowest BCUT2D eigenvalue weighted by atomic mass is 9.89. The monoisotopic (exact) mass is 415 g/mol. The number of rotatable bonds is 5. The van der Waals surface area contributed by atoms with Gasteiger partial charge in [-0.25, -0.2) is 4.39 Å². The van der Waals surface area contributed by atoms with Crippen molar-refractivity contribution in [3.8, 4) is 6.07 Å². The number of nitrogens with two attached hydrogens (primary N) is 1. The van der Waals surface area contributed by atoms with Gasteiger partial charge in [0.2, 0.25) is 0 Å². The zero-order valence-electron chi connectivity index (χ0n) is 17.0. The number of allylic oxidation sites excluding steroid dienone is 1. The maximum atomic E-state index is 14.3. The van der Waals surface area contributed by atoms with E-state index in [0.29, 0.717) is 41.7 Å². The molecule has 1 aliphatic rings. The van der Waals surface area contributed by atoms with Crippen molar-refractivity contribution in [2.75, 3.05) is 13.2 Å². The van der Waals surface area contributed by atoms with Gasteiger partial charge in [0.25, 0.3) is 0 Å². The summed E-state index contributed by atoms with van der Waals surface area (Å²) in [6.07, 6.45) is 5.73.